The molecule has 1 aliphatic rings. The quantitative estimate of drug-likeness (QED) is 0.573. The molecule has 1 heterocycles. The smallest absolute Gasteiger partial charge is 0.259 e. The Morgan fingerprint density at radius 3 is 1.85 bits per heavy atom. The molecule has 1 aliphatic heterocycles. The van der Waals surface area contributed by atoms with E-state index in [1.54, 1.807) is 0 Å². The molecule has 2 N–H and O–H groups in total. The van der Waals surface area contributed by atoms with Crippen LogP contribution in [0.15, 0.2) is 60.7 Å². The monoisotopic (exact) mass is 389 g/mol. The van der Waals surface area contributed by atoms with Crippen molar-refractivity contribution in [2.75, 3.05) is 31.9 Å². The number of carbonyl (C=O) groups is 1. The van der Waals surface area contributed by atoms with Gasteiger partial charge in [-0.15, -0.1) is 0 Å². The maximum Gasteiger partial charge on any atom is 0.259 e. The molecular weight excluding hydrogens is 366 g/mol. The molecule has 8 heteroatoms. The zero-order chi connectivity index (χ0) is 19.3. The molecule has 1 saturated heterocycles. The van der Waals surface area contributed by atoms with Crippen molar-refractivity contribution in [3.63, 3.8) is 0 Å². The van der Waals surface area contributed by atoms with E-state index in [-0.39, 0.29) is 6.04 Å². The Labute approximate surface area is 159 Å². The fourth-order valence-corrected chi connectivity index (χ4v) is 4.71. The molecule has 0 bridgehead atoms. The average molecular weight is 389 g/mol. The topological polar surface area (TPSA) is 90.0 Å². The highest BCUT2D eigenvalue weighted by Gasteiger charge is 2.32. The summed E-state index contributed by atoms with van der Waals surface area (Å²) in [5.41, 5.74) is 3.68. The van der Waals surface area contributed by atoms with Crippen LogP contribution in [0.25, 0.3) is 0 Å². The van der Waals surface area contributed by atoms with Crippen LogP contribution in [0.5, 0.6) is 0 Å². The first-order valence-corrected chi connectivity index (χ1v) is 10.4. The number of benzene rings is 2. The van der Waals surface area contributed by atoms with Crippen molar-refractivity contribution in [3.8, 4) is 0 Å². The third-order valence-corrected chi connectivity index (χ3v) is 6.48. The van der Waals surface area contributed by atoms with Crippen LogP contribution >= 0.6 is 0 Å². The highest BCUT2D eigenvalue weighted by molar-refractivity contribution is 7.89. The number of hydroxylamine groups is 1. The number of carbonyl (C=O) groups excluding carboxylic acids is 1. The number of rotatable bonds is 6. The standard InChI is InChI=1S/C19H23N3O4S/c23-18(20-24)15-27(25,26)22-13-11-21(12-14-22)19(16-7-3-1-4-8-16)17-9-5-2-6-10-17/h1-10,19,24H,11-15H2,(H,20,23). The minimum Gasteiger partial charge on any atom is -0.290 e. The largest absolute Gasteiger partial charge is 0.290 e. The lowest BCUT2D eigenvalue weighted by atomic mass is 9.96. The van der Waals surface area contributed by atoms with Crippen LogP contribution in [0.2, 0.25) is 0 Å². The molecule has 0 spiro atoms. The maximum atomic E-state index is 12.3. The Bertz CT molecular complexity index is 812. The lowest BCUT2D eigenvalue weighted by Crippen LogP contribution is -2.51. The zero-order valence-electron chi connectivity index (χ0n) is 14.9. The third kappa shape index (κ3) is 4.72. The average Bonchev–Trinajstić information content (AvgIpc) is 2.70. The highest BCUT2D eigenvalue weighted by atomic mass is 32.2. The van der Waals surface area contributed by atoms with Gasteiger partial charge in [-0.25, -0.2) is 13.9 Å². The molecule has 144 valence electrons. The van der Waals surface area contributed by atoms with Gasteiger partial charge in [0.15, 0.2) is 0 Å². The van der Waals surface area contributed by atoms with E-state index in [1.807, 2.05) is 36.4 Å². The molecule has 1 amide bonds. The SMILES string of the molecule is O=C(CS(=O)(=O)N1CCN(C(c2ccccc2)c2ccccc2)CC1)NO. The van der Waals surface area contributed by atoms with Gasteiger partial charge in [-0.05, 0) is 11.1 Å². The Morgan fingerprint density at radius 1 is 0.926 bits per heavy atom. The van der Waals surface area contributed by atoms with Gasteiger partial charge in [0.2, 0.25) is 10.0 Å². The van der Waals surface area contributed by atoms with E-state index in [1.165, 1.54) is 9.79 Å². The van der Waals surface area contributed by atoms with E-state index in [0.717, 1.165) is 11.1 Å². The minimum atomic E-state index is -3.74. The van der Waals surface area contributed by atoms with E-state index in [4.69, 9.17) is 5.21 Å². The van der Waals surface area contributed by atoms with E-state index < -0.39 is 21.7 Å². The van der Waals surface area contributed by atoms with Gasteiger partial charge in [0.25, 0.3) is 5.91 Å². The van der Waals surface area contributed by atoms with Crippen molar-refractivity contribution in [1.29, 1.82) is 0 Å². The normalized spacial score (nSPS) is 16.4. The van der Waals surface area contributed by atoms with E-state index in [2.05, 4.69) is 29.2 Å². The highest BCUT2D eigenvalue weighted by Crippen LogP contribution is 2.29. The van der Waals surface area contributed by atoms with Crippen molar-refractivity contribution in [3.05, 3.63) is 71.8 Å². The fourth-order valence-electron chi connectivity index (χ4n) is 3.41. The van der Waals surface area contributed by atoms with Crippen LogP contribution in [0.4, 0.5) is 0 Å². The summed E-state index contributed by atoms with van der Waals surface area (Å²) in [5, 5.41) is 8.57. The van der Waals surface area contributed by atoms with Crippen LogP contribution in [0.3, 0.4) is 0 Å². The van der Waals surface area contributed by atoms with Crippen LogP contribution in [-0.4, -0.2) is 60.7 Å². The first-order valence-electron chi connectivity index (χ1n) is 8.76. The summed E-state index contributed by atoms with van der Waals surface area (Å²) in [6.07, 6.45) is 0. The summed E-state index contributed by atoms with van der Waals surface area (Å²) in [6.45, 7) is 1.71. The molecule has 0 unspecified atom stereocenters. The number of hydrogen-bond donors (Lipinski definition) is 2. The van der Waals surface area contributed by atoms with Gasteiger partial charge in [0, 0.05) is 26.2 Å². The molecular formula is C19H23N3O4S. The van der Waals surface area contributed by atoms with E-state index in [0.29, 0.717) is 26.2 Å². The number of nitrogens with zero attached hydrogens (tertiary/aromatic N) is 2. The van der Waals surface area contributed by atoms with Crippen LogP contribution in [0, 0.1) is 0 Å². The maximum absolute atomic E-state index is 12.3. The molecule has 0 atom stereocenters. The van der Waals surface area contributed by atoms with Gasteiger partial charge < -0.3 is 0 Å². The first kappa shape index (κ1) is 19.5. The van der Waals surface area contributed by atoms with Crippen LogP contribution in [0.1, 0.15) is 17.2 Å². The number of amides is 1. The molecule has 0 saturated carbocycles. The van der Waals surface area contributed by atoms with Gasteiger partial charge >= 0.3 is 0 Å². The van der Waals surface area contributed by atoms with E-state index >= 15 is 0 Å². The van der Waals surface area contributed by atoms with Crippen LogP contribution in [-0.2, 0) is 14.8 Å². The Kier molecular flexibility index (Phi) is 6.22. The van der Waals surface area contributed by atoms with Crippen molar-refractivity contribution in [2.45, 2.75) is 6.04 Å². The second kappa shape index (κ2) is 8.62. The second-order valence-electron chi connectivity index (χ2n) is 6.45. The summed E-state index contributed by atoms with van der Waals surface area (Å²) in [4.78, 5) is 13.5. The zero-order valence-corrected chi connectivity index (χ0v) is 15.7. The number of sulfonamides is 1. The first-order chi connectivity index (χ1) is 13.0. The van der Waals surface area contributed by atoms with Gasteiger partial charge in [-0.1, -0.05) is 60.7 Å². The van der Waals surface area contributed by atoms with Gasteiger partial charge in [0.1, 0.15) is 5.75 Å². The summed E-state index contributed by atoms with van der Waals surface area (Å²) < 4.78 is 25.9. The molecule has 7 nitrogen and oxygen atoms in total. The summed E-state index contributed by atoms with van der Waals surface area (Å²) in [6, 6.07) is 20.3. The molecule has 0 radical (unpaired) electrons. The van der Waals surface area contributed by atoms with Crippen molar-refractivity contribution in [1.82, 2.24) is 14.7 Å². The molecule has 27 heavy (non-hydrogen) atoms. The number of nitrogens with one attached hydrogen (secondary N) is 1. The number of hydrogen-bond acceptors (Lipinski definition) is 5. The van der Waals surface area contributed by atoms with Gasteiger partial charge in [-0.3, -0.25) is 14.9 Å². The van der Waals surface area contributed by atoms with E-state index in [9.17, 15) is 13.2 Å². The predicted octanol–water partition coefficient (Wildman–Crippen LogP) is 1.23. The molecule has 0 aromatic heterocycles. The Morgan fingerprint density at radius 2 is 1.41 bits per heavy atom. The molecule has 2 aromatic rings. The molecule has 3 rings (SSSR count). The van der Waals surface area contributed by atoms with Crippen LogP contribution < -0.4 is 5.48 Å². The molecule has 1 fully saturated rings. The lowest BCUT2D eigenvalue weighted by Gasteiger charge is -2.39. The Hall–Kier alpha value is -2.26. The minimum absolute atomic E-state index is 0.0398. The predicted molar refractivity (Wildman–Crippen MR) is 102 cm³/mol. The lowest BCUT2D eigenvalue weighted by molar-refractivity contribution is -0.126. The Balaban J connectivity index is 1.77. The number of piperazine rings is 1. The van der Waals surface area contributed by atoms with Gasteiger partial charge in [-0.2, -0.15) is 4.31 Å². The summed E-state index contributed by atoms with van der Waals surface area (Å²) >= 11 is 0. The second-order valence-corrected chi connectivity index (χ2v) is 8.42. The van der Waals surface area contributed by atoms with Crippen molar-refractivity contribution in [2.24, 2.45) is 0 Å². The molecule has 2 aromatic carbocycles. The van der Waals surface area contributed by atoms with Crippen molar-refractivity contribution >= 4 is 15.9 Å². The fraction of sp³-hybridized carbons (Fsp3) is 0.316. The third-order valence-electron chi connectivity index (χ3n) is 4.70. The van der Waals surface area contributed by atoms with Crippen molar-refractivity contribution < 1.29 is 18.4 Å². The summed E-state index contributed by atoms with van der Waals surface area (Å²) in [7, 11) is -3.74. The summed E-state index contributed by atoms with van der Waals surface area (Å²) in [5.74, 6) is -1.67. The van der Waals surface area contributed by atoms with Gasteiger partial charge in [0.05, 0.1) is 6.04 Å². The molecule has 0 aliphatic carbocycles.